The lowest BCUT2D eigenvalue weighted by Gasteiger charge is -2.12. The predicted molar refractivity (Wildman–Crippen MR) is 67.0 cm³/mol. The average molecular weight is 213 g/mol. The molecule has 0 radical (unpaired) electrons. The van der Waals surface area contributed by atoms with Crippen molar-refractivity contribution in [3.05, 3.63) is 29.8 Å². The number of hydrogen-bond acceptors (Lipinski definition) is 2. The molecule has 16 heavy (non-hydrogen) atoms. The van der Waals surface area contributed by atoms with E-state index in [1.165, 1.54) is 36.8 Å². The SMILES string of the molecule is Nc1nc2ccc(C3=CCCCC3)cc2[nH]1. The highest BCUT2D eigenvalue weighted by Gasteiger charge is 2.08. The Kier molecular flexibility index (Phi) is 2.17. The van der Waals surface area contributed by atoms with E-state index in [2.05, 4.69) is 28.2 Å². The zero-order chi connectivity index (χ0) is 11.0. The predicted octanol–water partition coefficient (Wildman–Crippen LogP) is 3.10. The average Bonchev–Trinajstić information content (AvgIpc) is 2.69. The Hall–Kier alpha value is -1.77. The molecule has 3 nitrogen and oxygen atoms in total. The molecule has 0 amide bonds. The number of fused-ring (bicyclic) bond motifs is 1. The number of aromatic nitrogens is 2. The van der Waals surface area contributed by atoms with Gasteiger partial charge in [0.15, 0.2) is 5.95 Å². The minimum absolute atomic E-state index is 0.491. The summed E-state index contributed by atoms with van der Waals surface area (Å²) in [5.41, 5.74) is 10.4. The summed E-state index contributed by atoms with van der Waals surface area (Å²) < 4.78 is 0. The second kappa shape index (κ2) is 3.67. The van der Waals surface area contributed by atoms with Gasteiger partial charge in [-0.1, -0.05) is 12.1 Å². The van der Waals surface area contributed by atoms with Gasteiger partial charge in [-0.25, -0.2) is 4.98 Å². The van der Waals surface area contributed by atoms with Gasteiger partial charge in [-0.3, -0.25) is 0 Å². The summed E-state index contributed by atoms with van der Waals surface area (Å²) in [6.45, 7) is 0. The van der Waals surface area contributed by atoms with E-state index in [-0.39, 0.29) is 0 Å². The third-order valence-electron chi connectivity index (χ3n) is 3.16. The van der Waals surface area contributed by atoms with Crippen LogP contribution in [0.5, 0.6) is 0 Å². The van der Waals surface area contributed by atoms with Crippen LogP contribution in [-0.2, 0) is 0 Å². The largest absolute Gasteiger partial charge is 0.369 e. The molecule has 82 valence electrons. The van der Waals surface area contributed by atoms with E-state index in [1.54, 1.807) is 0 Å². The first-order chi connectivity index (χ1) is 7.83. The van der Waals surface area contributed by atoms with Crippen LogP contribution in [0.3, 0.4) is 0 Å². The van der Waals surface area contributed by atoms with Crippen molar-refractivity contribution in [2.45, 2.75) is 25.7 Å². The molecule has 2 aromatic rings. The number of benzene rings is 1. The second-order valence-electron chi connectivity index (χ2n) is 4.33. The summed E-state index contributed by atoms with van der Waals surface area (Å²) in [6, 6.07) is 6.32. The van der Waals surface area contributed by atoms with E-state index in [9.17, 15) is 0 Å². The molecular weight excluding hydrogens is 198 g/mol. The summed E-state index contributed by atoms with van der Waals surface area (Å²) in [7, 11) is 0. The Morgan fingerprint density at radius 1 is 1.25 bits per heavy atom. The maximum absolute atomic E-state index is 5.64. The van der Waals surface area contributed by atoms with Crippen LogP contribution < -0.4 is 5.73 Å². The molecule has 3 N–H and O–H groups in total. The van der Waals surface area contributed by atoms with Gasteiger partial charge in [0.1, 0.15) is 0 Å². The van der Waals surface area contributed by atoms with E-state index >= 15 is 0 Å². The van der Waals surface area contributed by atoms with Crippen LogP contribution in [-0.4, -0.2) is 9.97 Å². The van der Waals surface area contributed by atoms with Gasteiger partial charge in [0.05, 0.1) is 11.0 Å². The number of anilines is 1. The Bertz CT molecular complexity index is 551. The summed E-state index contributed by atoms with van der Waals surface area (Å²) in [5, 5.41) is 0. The maximum Gasteiger partial charge on any atom is 0.198 e. The van der Waals surface area contributed by atoms with Gasteiger partial charge in [-0.05, 0) is 49.0 Å². The molecule has 0 aliphatic heterocycles. The highest BCUT2D eigenvalue weighted by Crippen LogP contribution is 2.28. The molecule has 0 atom stereocenters. The van der Waals surface area contributed by atoms with Crippen molar-refractivity contribution in [3.63, 3.8) is 0 Å². The molecule has 1 aromatic heterocycles. The normalized spacial score (nSPS) is 16.4. The third-order valence-corrected chi connectivity index (χ3v) is 3.16. The Morgan fingerprint density at radius 2 is 2.19 bits per heavy atom. The lowest BCUT2D eigenvalue weighted by Crippen LogP contribution is -1.91. The molecule has 1 aliphatic carbocycles. The smallest absolute Gasteiger partial charge is 0.198 e. The Labute approximate surface area is 94.4 Å². The van der Waals surface area contributed by atoms with Crippen molar-refractivity contribution in [3.8, 4) is 0 Å². The molecule has 3 rings (SSSR count). The summed E-state index contributed by atoms with van der Waals surface area (Å²) in [4.78, 5) is 7.28. The van der Waals surface area contributed by atoms with E-state index < -0.39 is 0 Å². The number of nitrogens with two attached hydrogens (primary N) is 1. The molecular formula is C13H15N3. The van der Waals surface area contributed by atoms with Crippen molar-refractivity contribution < 1.29 is 0 Å². The monoisotopic (exact) mass is 213 g/mol. The van der Waals surface area contributed by atoms with Gasteiger partial charge in [-0.2, -0.15) is 0 Å². The lowest BCUT2D eigenvalue weighted by atomic mass is 9.93. The van der Waals surface area contributed by atoms with E-state index in [4.69, 9.17) is 5.73 Å². The molecule has 3 heteroatoms. The Morgan fingerprint density at radius 3 is 3.00 bits per heavy atom. The minimum atomic E-state index is 0.491. The summed E-state index contributed by atoms with van der Waals surface area (Å²) in [5.74, 6) is 0.491. The number of nitrogens with zero attached hydrogens (tertiary/aromatic N) is 1. The maximum atomic E-state index is 5.64. The molecule has 0 fully saturated rings. The number of imidazole rings is 1. The number of H-pyrrole nitrogens is 1. The number of aromatic amines is 1. The summed E-state index contributed by atoms with van der Waals surface area (Å²) >= 11 is 0. The molecule has 0 unspecified atom stereocenters. The van der Waals surface area contributed by atoms with Crippen LogP contribution in [0.15, 0.2) is 24.3 Å². The van der Waals surface area contributed by atoms with Crippen LogP contribution in [0.1, 0.15) is 31.2 Å². The number of rotatable bonds is 1. The van der Waals surface area contributed by atoms with Crippen molar-refractivity contribution in [1.29, 1.82) is 0 Å². The number of allylic oxidation sites excluding steroid dienone is 2. The molecule has 1 heterocycles. The van der Waals surface area contributed by atoms with Gasteiger partial charge < -0.3 is 10.7 Å². The zero-order valence-corrected chi connectivity index (χ0v) is 9.16. The molecule has 0 saturated heterocycles. The molecule has 1 aromatic carbocycles. The van der Waals surface area contributed by atoms with Crippen LogP contribution >= 0.6 is 0 Å². The van der Waals surface area contributed by atoms with Gasteiger partial charge in [0.25, 0.3) is 0 Å². The Balaban J connectivity index is 2.07. The van der Waals surface area contributed by atoms with Crippen LogP contribution in [0.25, 0.3) is 16.6 Å². The third kappa shape index (κ3) is 1.58. The fraction of sp³-hybridized carbons (Fsp3) is 0.308. The van der Waals surface area contributed by atoms with Crippen molar-refractivity contribution >= 4 is 22.6 Å². The number of nitrogens with one attached hydrogen (secondary N) is 1. The molecule has 0 saturated carbocycles. The van der Waals surface area contributed by atoms with E-state index in [0.29, 0.717) is 5.95 Å². The van der Waals surface area contributed by atoms with Crippen LogP contribution in [0.4, 0.5) is 5.95 Å². The number of hydrogen-bond donors (Lipinski definition) is 2. The van der Waals surface area contributed by atoms with Gasteiger partial charge >= 0.3 is 0 Å². The second-order valence-corrected chi connectivity index (χ2v) is 4.33. The van der Waals surface area contributed by atoms with Gasteiger partial charge in [0.2, 0.25) is 0 Å². The highest BCUT2D eigenvalue weighted by atomic mass is 15.0. The quantitative estimate of drug-likeness (QED) is 0.764. The van der Waals surface area contributed by atoms with E-state index in [1.807, 2.05) is 6.07 Å². The van der Waals surface area contributed by atoms with E-state index in [0.717, 1.165) is 11.0 Å². The molecule has 0 bridgehead atoms. The standard InChI is InChI=1S/C13H15N3/c14-13-15-11-7-6-10(8-12(11)16-13)9-4-2-1-3-5-9/h4,6-8H,1-3,5H2,(H3,14,15,16). The van der Waals surface area contributed by atoms with Crippen molar-refractivity contribution in [1.82, 2.24) is 9.97 Å². The van der Waals surface area contributed by atoms with Crippen molar-refractivity contribution in [2.24, 2.45) is 0 Å². The fourth-order valence-electron chi connectivity index (χ4n) is 2.33. The minimum Gasteiger partial charge on any atom is -0.369 e. The first-order valence-corrected chi connectivity index (χ1v) is 5.77. The first kappa shape index (κ1) is 9.46. The number of nitrogen functional groups attached to an aromatic ring is 1. The highest BCUT2D eigenvalue weighted by molar-refractivity contribution is 5.82. The zero-order valence-electron chi connectivity index (χ0n) is 9.16. The topological polar surface area (TPSA) is 54.7 Å². The molecule has 1 aliphatic rings. The van der Waals surface area contributed by atoms with Crippen LogP contribution in [0, 0.1) is 0 Å². The van der Waals surface area contributed by atoms with Gasteiger partial charge in [-0.15, -0.1) is 0 Å². The first-order valence-electron chi connectivity index (χ1n) is 5.77. The van der Waals surface area contributed by atoms with Gasteiger partial charge in [0, 0.05) is 0 Å². The van der Waals surface area contributed by atoms with Crippen molar-refractivity contribution in [2.75, 3.05) is 5.73 Å². The summed E-state index contributed by atoms with van der Waals surface area (Å²) in [6.07, 6.45) is 7.37. The lowest BCUT2D eigenvalue weighted by molar-refractivity contribution is 0.742. The fourth-order valence-corrected chi connectivity index (χ4v) is 2.33. The van der Waals surface area contributed by atoms with Crippen LogP contribution in [0.2, 0.25) is 0 Å². The molecule has 0 spiro atoms.